The van der Waals surface area contributed by atoms with Crippen molar-refractivity contribution in [3.8, 4) is 0 Å². The molecule has 2 rings (SSSR count). The van der Waals surface area contributed by atoms with Gasteiger partial charge in [0.05, 0.1) is 6.10 Å². The first-order valence-electron chi connectivity index (χ1n) is 6.69. The monoisotopic (exact) mass is 284 g/mol. The quantitative estimate of drug-likeness (QED) is 0.657. The van der Waals surface area contributed by atoms with Gasteiger partial charge in [0.15, 0.2) is 0 Å². The number of aliphatic hydroxyl groups excluding tert-OH is 1. The average molecular weight is 284 g/mol. The maximum absolute atomic E-state index is 13.4. The van der Waals surface area contributed by atoms with Crippen LogP contribution in [0, 0.1) is 17.6 Å². The SMILES string of the molecule is O=C(NCCNCC(O)c1ccc(F)cc1F)C1CC1. The fourth-order valence-electron chi connectivity index (χ4n) is 1.88. The molecule has 0 bridgehead atoms. The van der Waals surface area contributed by atoms with Crippen LogP contribution in [0.1, 0.15) is 24.5 Å². The van der Waals surface area contributed by atoms with E-state index in [4.69, 9.17) is 0 Å². The second-order valence-corrected chi connectivity index (χ2v) is 4.95. The van der Waals surface area contributed by atoms with E-state index >= 15 is 0 Å². The Kier molecular flexibility index (Phi) is 5.03. The fraction of sp³-hybridized carbons (Fsp3) is 0.500. The molecule has 1 unspecified atom stereocenters. The molecule has 4 nitrogen and oxygen atoms in total. The highest BCUT2D eigenvalue weighted by atomic mass is 19.1. The van der Waals surface area contributed by atoms with Gasteiger partial charge in [-0.05, 0) is 18.9 Å². The van der Waals surface area contributed by atoms with Crippen molar-refractivity contribution < 1.29 is 18.7 Å². The molecule has 0 heterocycles. The minimum absolute atomic E-state index is 0.0564. The fourth-order valence-corrected chi connectivity index (χ4v) is 1.88. The molecule has 0 saturated heterocycles. The van der Waals surface area contributed by atoms with Gasteiger partial charge in [-0.2, -0.15) is 0 Å². The van der Waals surface area contributed by atoms with Crippen LogP contribution in [0.2, 0.25) is 0 Å². The lowest BCUT2D eigenvalue weighted by atomic mass is 10.1. The highest BCUT2D eigenvalue weighted by molar-refractivity contribution is 5.80. The number of carbonyl (C=O) groups excluding carboxylic acids is 1. The first kappa shape index (κ1) is 14.9. The van der Waals surface area contributed by atoms with E-state index in [0.29, 0.717) is 13.1 Å². The van der Waals surface area contributed by atoms with E-state index < -0.39 is 17.7 Å². The molecule has 0 aromatic heterocycles. The van der Waals surface area contributed by atoms with Crippen molar-refractivity contribution >= 4 is 5.91 Å². The average Bonchev–Trinajstić information content (AvgIpc) is 3.22. The molecule has 1 fully saturated rings. The summed E-state index contributed by atoms with van der Waals surface area (Å²) in [5.41, 5.74) is 0.0564. The van der Waals surface area contributed by atoms with Gasteiger partial charge < -0.3 is 15.7 Å². The van der Waals surface area contributed by atoms with E-state index in [0.717, 1.165) is 25.0 Å². The summed E-state index contributed by atoms with van der Waals surface area (Å²) in [6.07, 6.45) is 0.874. The van der Waals surface area contributed by atoms with Crippen molar-refractivity contribution in [3.05, 3.63) is 35.4 Å². The van der Waals surface area contributed by atoms with Gasteiger partial charge in [0.1, 0.15) is 11.6 Å². The number of carbonyl (C=O) groups is 1. The molecule has 0 spiro atoms. The first-order chi connectivity index (χ1) is 9.58. The molecule has 20 heavy (non-hydrogen) atoms. The minimum Gasteiger partial charge on any atom is -0.387 e. The summed E-state index contributed by atoms with van der Waals surface area (Å²) in [6.45, 7) is 1.09. The van der Waals surface area contributed by atoms with E-state index in [-0.39, 0.29) is 23.9 Å². The highest BCUT2D eigenvalue weighted by Gasteiger charge is 2.28. The largest absolute Gasteiger partial charge is 0.387 e. The molecule has 1 aromatic rings. The number of benzene rings is 1. The zero-order valence-electron chi connectivity index (χ0n) is 11.0. The summed E-state index contributed by atoms with van der Waals surface area (Å²) in [4.78, 5) is 11.3. The Hall–Kier alpha value is -1.53. The number of hydrogen-bond acceptors (Lipinski definition) is 3. The van der Waals surface area contributed by atoms with Crippen LogP contribution in [0.25, 0.3) is 0 Å². The summed E-state index contributed by atoms with van der Waals surface area (Å²) in [5.74, 6) is -1.19. The zero-order valence-corrected chi connectivity index (χ0v) is 11.0. The van der Waals surface area contributed by atoms with Crippen molar-refractivity contribution in [3.63, 3.8) is 0 Å². The standard InChI is InChI=1S/C14H18F2N2O2/c15-10-3-4-11(12(16)7-10)13(19)8-17-5-6-18-14(20)9-1-2-9/h3-4,7,9,13,17,19H,1-2,5-6,8H2,(H,18,20). The Balaban J connectivity index is 1.66. The molecule has 1 atom stereocenters. The van der Waals surface area contributed by atoms with Crippen molar-refractivity contribution in [1.29, 1.82) is 0 Å². The maximum atomic E-state index is 13.4. The molecule has 1 aromatic carbocycles. The predicted octanol–water partition coefficient (Wildman–Crippen LogP) is 1.11. The first-order valence-corrected chi connectivity index (χ1v) is 6.69. The zero-order chi connectivity index (χ0) is 14.5. The van der Waals surface area contributed by atoms with Gasteiger partial charge in [0.2, 0.25) is 5.91 Å². The molecular formula is C14H18F2N2O2. The van der Waals surface area contributed by atoms with E-state index in [1.54, 1.807) is 0 Å². The van der Waals surface area contributed by atoms with Crippen LogP contribution in [-0.4, -0.2) is 30.6 Å². The highest BCUT2D eigenvalue weighted by Crippen LogP contribution is 2.28. The number of rotatable bonds is 7. The molecule has 1 aliphatic rings. The van der Waals surface area contributed by atoms with E-state index in [2.05, 4.69) is 10.6 Å². The molecule has 1 aliphatic carbocycles. The smallest absolute Gasteiger partial charge is 0.223 e. The summed E-state index contributed by atoms with van der Waals surface area (Å²) < 4.78 is 26.1. The second-order valence-electron chi connectivity index (χ2n) is 4.95. The molecule has 0 radical (unpaired) electrons. The van der Waals surface area contributed by atoms with Gasteiger partial charge in [0.25, 0.3) is 0 Å². The van der Waals surface area contributed by atoms with Crippen LogP contribution < -0.4 is 10.6 Å². The summed E-state index contributed by atoms with van der Waals surface area (Å²) >= 11 is 0. The molecule has 1 amide bonds. The van der Waals surface area contributed by atoms with Gasteiger partial charge in [-0.1, -0.05) is 6.07 Å². The number of aliphatic hydroxyl groups is 1. The Morgan fingerprint density at radius 1 is 1.35 bits per heavy atom. The molecule has 0 aliphatic heterocycles. The number of halogens is 2. The van der Waals surface area contributed by atoms with Crippen LogP contribution >= 0.6 is 0 Å². The van der Waals surface area contributed by atoms with Gasteiger partial charge in [-0.3, -0.25) is 4.79 Å². The lowest BCUT2D eigenvalue weighted by molar-refractivity contribution is -0.122. The van der Waals surface area contributed by atoms with Gasteiger partial charge in [-0.15, -0.1) is 0 Å². The van der Waals surface area contributed by atoms with Gasteiger partial charge in [0, 0.05) is 37.2 Å². The predicted molar refractivity (Wildman–Crippen MR) is 69.9 cm³/mol. The number of amides is 1. The summed E-state index contributed by atoms with van der Waals surface area (Å²) in [6, 6.07) is 3.08. The van der Waals surface area contributed by atoms with Crippen LogP contribution in [0.4, 0.5) is 8.78 Å². The van der Waals surface area contributed by atoms with Crippen LogP contribution in [0.15, 0.2) is 18.2 Å². The van der Waals surface area contributed by atoms with E-state index in [9.17, 15) is 18.7 Å². The topological polar surface area (TPSA) is 61.4 Å². The van der Waals surface area contributed by atoms with Crippen LogP contribution in [0.3, 0.4) is 0 Å². The van der Waals surface area contributed by atoms with Crippen LogP contribution in [-0.2, 0) is 4.79 Å². The lowest BCUT2D eigenvalue weighted by Crippen LogP contribution is -2.34. The second kappa shape index (κ2) is 6.76. The Labute approximate surface area is 116 Å². The number of nitrogens with one attached hydrogen (secondary N) is 2. The van der Waals surface area contributed by atoms with E-state index in [1.807, 2.05) is 0 Å². The van der Waals surface area contributed by atoms with Gasteiger partial charge >= 0.3 is 0 Å². The van der Waals surface area contributed by atoms with E-state index in [1.165, 1.54) is 6.07 Å². The molecule has 1 saturated carbocycles. The molecule has 3 N–H and O–H groups in total. The minimum atomic E-state index is -1.05. The third kappa shape index (κ3) is 4.25. The Bertz CT molecular complexity index is 478. The number of hydrogen-bond donors (Lipinski definition) is 3. The van der Waals surface area contributed by atoms with Gasteiger partial charge in [-0.25, -0.2) is 8.78 Å². The Morgan fingerprint density at radius 3 is 2.75 bits per heavy atom. The maximum Gasteiger partial charge on any atom is 0.223 e. The molecular weight excluding hydrogens is 266 g/mol. The van der Waals surface area contributed by atoms with Crippen molar-refractivity contribution in [2.24, 2.45) is 5.92 Å². The normalized spacial score (nSPS) is 15.9. The molecule has 110 valence electrons. The van der Waals surface area contributed by atoms with Crippen LogP contribution in [0.5, 0.6) is 0 Å². The third-order valence-corrected chi connectivity index (χ3v) is 3.21. The summed E-state index contributed by atoms with van der Waals surface area (Å²) in [7, 11) is 0. The Morgan fingerprint density at radius 2 is 2.10 bits per heavy atom. The summed E-state index contributed by atoms with van der Waals surface area (Å²) in [5, 5.41) is 15.5. The van der Waals surface area contributed by atoms with Crippen molar-refractivity contribution in [1.82, 2.24) is 10.6 Å². The lowest BCUT2D eigenvalue weighted by Gasteiger charge is -2.13. The van der Waals surface area contributed by atoms with Crippen molar-refractivity contribution in [2.75, 3.05) is 19.6 Å². The third-order valence-electron chi connectivity index (χ3n) is 3.21. The van der Waals surface area contributed by atoms with Crippen molar-refractivity contribution in [2.45, 2.75) is 18.9 Å². The molecule has 6 heteroatoms.